The van der Waals surface area contributed by atoms with Crippen LogP contribution in [0.1, 0.15) is 20.8 Å². The fourth-order valence-electron chi connectivity index (χ4n) is 0.467. The first-order valence-electron chi connectivity index (χ1n) is 3.09. The molecule has 1 atom stereocenters. The maximum atomic E-state index is 10.7. The molecule has 0 aliphatic carbocycles. The van der Waals surface area contributed by atoms with Gasteiger partial charge < -0.3 is 9.29 Å². The molecule has 0 saturated heterocycles. The molecular formula is C6H11O4S-. The first-order valence-corrected chi connectivity index (χ1v) is 4.33. The van der Waals surface area contributed by atoms with Gasteiger partial charge in [0.2, 0.25) is 0 Å². The van der Waals surface area contributed by atoms with Crippen LogP contribution in [-0.4, -0.2) is 26.1 Å². The SMILES string of the molecule is CC(C)(C)OC(=O)CS(=O)[O-]. The highest BCUT2D eigenvalue weighted by atomic mass is 32.2. The van der Waals surface area contributed by atoms with Gasteiger partial charge in [0.1, 0.15) is 11.4 Å². The van der Waals surface area contributed by atoms with E-state index in [0.29, 0.717) is 0 Å². The van der Waals surface area contributed by atoms with Gasteiger partial charge in [-0.25, -0.2) is 0 Å². The van der Waals surface area contributed by atoms with Crippen molar-refractivity contribution >= 4 is 17.0 Å². The van der Waals surface area contributed by atoms with E-state index in [-0.39, 0.29) is 0 Å². The summed E-state index contributed by atoms with van der Waals surface area (Å²) >= 11 is -2.35. The Balaban J connectivity index is 3.80. The second-order valence-corrected chi connectivity index (χ2v) is 3.93. The number of carbonyl (C=O) groups excluding carboxylic acids is 1. The van der Waals surface area contributed by atoms with E-state index in [4.69, 9.17) is 4.74 Å². The Morgan fingerprint density at radius 1 is 1.55 bits per heavy atom. The zero-order valence-electron chi connectivity index (χ0n) is 6.75. The topological polar surface area (TPSA) is 66.4 Å². The molecule has 0 heterocycles. The average Bonchev–Trinajstić information content (AvgIpc) is 1.53. The maximum absolute atomic E-state index is 10.7. The first kappa shape index (κ1) is 10.6. The van der Waals surface area contributed by atoms with Gasteiger partial charge in [0, 0.05) is 0 Å². The van der Waals surface area contributed by atoms with E-state index in [0.717, 1.165) is 0 Å². The molecule has 0 radical (unpaired) electrons. The predicted molar refractivity (Wildman–Crippen MR) is 39.6 cm³/mol. The zero-order valence-corrected chi connectivity index (χ0v) is 7.56. The minimum Gasteiger partial charge on any atom is -0.772 e. The number of ether oxygens (including phenoxy) is 1. The summed E-state index contributed by atoms with van der Waals surface area (Å²) in [6, 6.07) is 0. The smallest absolute Gasteiger partial charge is 0.317 e. The molecular weight excluding hydrogens is 168 g/mol. The van der Waals surface area contributed by atoms with Crippen molar-refractivity contribution in [3.05, 3.63) is 0 Å². The van der Waals surface area contributed by atoms with Gasteiger partial charge in [0.05, 0.1) is 0 Å². The summed E-state index contributed by atoms with van der Waals surface area (Å²) in [5.41, 5.74) is -0.615. The number of carbonyl (C=O) groups is 1. The molecule has 0 rings (SSSR count). The highest BCUT2D eigenvalue weighted by molar-refractivity contribution is 7.79. The van der Waals surface area contributed by atoms with Crippen LogP contribution < -0.4 is 0 Å². The van der Waals surface area contributed by atoms with Crippen LogP contribution in [0.4, 0.5) is 0 Å². The van der Waals surface area contributed by atoms with Crippen LogP contribution in [0, 0.1) is 0 Å². The van der Waals surface area contributed by atoms with Gasteiger partial charge in [-0.15, -0.1) is 0 Å². The molecule has 4 nitrogen and oxygen atoms in total. The molecule has 0 saturated carbocycles. The minimum atomic E-state index is -2.35. The Morgan fingerprint density at radius 3 is 2.27 bits per heavy atom. The van der Waals surface area contributed by atoms with E-state index >= 15 is 0 Å². The Labute approximate surface area is 68.2 Å². The molecule has 0 aliphatic heterocycles. The average molecular weight is 179 g/mol. The first-order chi connectivity index (χ1) is 4.81. The van der Waals surface area contributed by atoms with E-state index in [1.807, 2.05) is 0 Å². The summed E-state index contributed by atoms with van der Waals surface area (Å²) in [6.45, 7) is 5.04. The standard InChI is InChI=1S/C6H12O4S/c1-6(2,3)10-5(7)4-11(8)9/h4H2,1-3H3,(H,8,9)/p-1. The van der Waals surface area contributed by atoms with Crippen molar-refractivity contribution in [2.45, 2.75) is 26.4 Å². The fourth-order valence-corrected chi connectivity index (χ4v) is 0.719. The summed E-state index contributed by atoms with van der Waals surface area (Å²) in [6.07, 6.45) is 0. The van der Waals surface area contributed by atoms with E-state index < -0.39 is 28.4 Å². The molecule has 1 unspecified atom stereocenters. The lowest BCUT2D eigenvalue weighted by Gasteiger charge is -2.19. The molecule has 0 bridgehead atoms. The van der Waals surface area contributed by atoms with Crippen LogP contribution in [0.15, 0.2) is 0 Å². The van der Waals surface area contributed by atoms with Crippen LogP contribution in [0.3, 0.4) is 0 Å². The lowest BCUT2D eigenvalue weighted by Crippen LogP contribution is -2.26. The highest BCUT2D eigenvalue weighted by Crippen LogP contribution is 2.06. The van der Waals surface area contributed by atoms with Gasteiger partial charge in [-0.1, -0.05) is 0 Å². The van der Waals surface area contributed by atoms with Gasteiger partial charge in [0.25, 0.3) is 0 Å². The molecule has 0 N–H and O–H groups in total. The third-order valence-electron chi connectivity index (χ3n) is 0.656. The number of hydrogen-bond donors (Lipinski definition) is 0. The van der Waals surface area contributed by atoms with E-state index in [9.17, 15) is 13.6 Å². The summed E-state index contributed by atoms with van der Waals surface area (Å²) in [4.78, 5) is 10.7. The molecule has 11 heavy (non-hydrogen) atoms. The number of esters is 1. The molecule has 0 aliphatic rings. The third kappa shape index (κ3) is 7.48. The van der Waals surface area contributed by atoms with Crippen LogP contribution in [0.25, 0.3) is 0 Å². The van der Waals surface area contributed by atoms with Crippen molar-refractivity contribution < 1.29 is 18.3 Å². The van der Waals surface area contributed by atoms with E-state index in [1.54, 1.807) is 20.8 Å². The Bertz CT molecular complexity index is 170. The van der Waals surface area contributed by atoms with E-state index in [1.165, 1.54) is 0 Å². The fraction of sp³-hybridized carbons (Fsp3) is 0.833. The van der Waals surface area contributed by atoms with Crippen molar-refractivity contribution in [1.29, 1.82) is 0 Å². The quantitative estimate of drug-likeness (QED) is 0.449. The van der Waals surface area contributed by atoms with Gasteiger partial charge >= 0.3 is 5.97 Å². The van der Waals surface area contributed by atoms with Crippen LogP contribution in [0.5, 0.6) is 0 Å². The van der Waals surface area contributed by atoms with Crippen LogP contribution >= 0.6 is 0 Å². The van der Waals surface area contributed by atoms with Gasteiger partial charge in [-0.2, -0.15) is 0 Å². The summed E-state index contributed by atoms with van der Waals surface area (Å²) in [7, 11) is 0. The molecule has 0 aromatic carbocycles. The lowest BCUT2D eigenvalue weighted by molar-refractivity contribution is -0.151. The third-order valence-corrected chi connectivity index (χ3v) is 1.13. The molecule has 0 aromatic heterocycles. The molecule has 0 aromatic rings. The van der Waals surface area contributed by atoms with E-state index in [2.05, 4.69) is 0 Å². The van der Waals surface area contributed by atoms with Crippen LogP contribution in [-0.2, 0) is 20.6 Å². The monoisotopic (exact) mass is 179 g/mol. The largest absolute Gasteiger partial charge is 0.772 e. The van der Waals surface area contributed by atoms with Crippen molar-refractivity contribution in [3.63, 3.8) is 0 Å². The second kappa shape index (κ2) is 3.82. The van der Waals surface area contributed by atoms with Crippen molar-refractivity contribution in [2.75, 3.05) is 5.75 Å². The van der Waals surface area contributed by atoms with Crippen molar-refractivity contribution in [3.8, 4) is 0 Å². The lowest BCUT2D eigenvalue weighted by atomic mass is 10.2. The molecule has 0 spiro atoms. The molecule has 5 heteroatoms. The Kier molecular flexibility index (Phi) is 3.68. The Morgan fingerprint density at radius 2 is 2.00 bits per heavy atom. The van der Waals surface area contributed by atoms with Crippen LogP contribution in [0.2, 0.25) is 0 Å². The van der Waals surface area contributed by atoms with Crippen molar-refractivity contribution in [2.24, 2.45) is 0 Å². The summed E-state index contributed by atoms with van der Waals surface area (Å²) < 4.78 is 24.7. The predicted octanol–water partition coefficient (Wildman–Crippen LogP) is 0.207. The number of rotatable bonds is 2. The highest BCUT2D eigenvalue weighted by Gasteiger charge is 2.15. The molecule has 0 fully saturated rings. The molecule has 0 amide bonds. The Hall–Kier alpha value is -0.420. The molecule has 66 valence electrons. The normalized spacial score (nSPS) is 14.2. The van der Waals surface area contributed by atoms with Gasteiger partial charge in [0.15, 0.2) is 0 Å². The second-order valence-electron chi connectivity index (χ2n) is 3.03. The summed E-state index contributed by atoms with van der Waals surface area (Å²) in [5, 5.41) is 0. The zero-order chi connectivity index (χ0) is 9.07. The minimum absolute atomic E-state index is 0.572. The van der Waals surface area contributed by atoms with Gasteiger partial charge in [-0.05, 0) is 31.9 Å². The van der Waals surface area contributed by atoms with Gasteiger partial charge in [-0.3, -0.25) is 9.00 Å². The van der Waals surface area contributed by atoms with Crippen molar-refractivity contribution in [1.82, 2.24) is 0 Å². The summed E-state index contributed by atoms with van der Waals surface area (Å²) in [5.74, 6) is -1.29. The maximum Gasteiger partial charge on any atom is 0.317 e. The number of hydrogen-bond acceptors (Lipinski definition) is 4.